The van der Waals surface area contributed by atoms with Gasteiger partial charge in [-0.3, -0.25) is 10.1 Å². The number of pyridine rings is 1. The molecule has 3 rings (SSSR count). The van der Waals surface area contributed by atoms with Crippen LogP contribution in [-0.4, -0.2) is 9.91 Å². The molecule has 0 bridgehead atoms. The molecule has 0 atom stereocenters. The number of benzene rings is 2. The molecular formula is C17H13N3O2. The number of aromatic nitrogens is 1. The summed E-state index contributed by atoms with van der Waals surface area (Å²) in [5.74, 6) is 0. The summed E-state index contributed by atoms with van der Waals surface area (Å²) in [7, 11) is 0. The third-order valence-corrected chi connectivity index (χ3v) is 3.32. The van der Waals surface area contributed by atoms with Gasteiger partial charge in [-0.15, -0.1) is 0 Å². The Kier molecular flexibility index (Phi) is 3.53. The third-order valence-electron chi connectivity index (χ3n) is 3.32. The standard InChI is InChI=1S/C17H13N3O2/c18-16-11-13(19-17-4-2-1-3-15(16)17)8-5-12-6-9-14(10-7-12)20(21)22/h1-11H,(H2,18,19). The van der Waals surface area contributed by atoms with Gasteiger partial charge in [-0.25, -0.2) is 4.98 Å². The molecule has 2 aromatic carbocycles. The molecule has 0 fully saturated rings. The third kappa shape index (κ3) is 2.78. The minimum absolute atomic E-state index is 0.0743. The molecule has 5 nitrogen and oxygen atoms in total. The summed E-state index contributed by atoms with van der Waals surface area (Å²) in [6, 6.07) is 15.8. The predicted octanol–water partition coefficient (Wildman–Crippen LogP) is 3.90. The number of anilines is 1. The Morgan fingerprint density at radius 3 is 2.50 bits per heavy atom. The maximum atomic E-state index is 10.6. The van der Waals surface area contributed by atoms with Crippen molar-refractivity contribution in [3.05, 3.63) is 76.0 Å². The number of nitrogens with two attached hydrogens (primary N) is 1. The van der Waals surface area contributed by atoms with Gasteiger partial charge in [0, 0.05) is 23.2 Å². The smallest absolute Gasteiger partial charge is 0.269 e. The molecule has 0 radical (unpaired) electrons. The number of nitrogen functional groups attached to an aromatic ring is 1. The number of non-ortho nitro benzene ring substituents is 1. The van der Waals surface area contributed by atoms with E-state index in [0.29, 0.717) is 5.69 Å². The van der Waals surface area contributed by atoms with Gasteiger partial charge in [-0.2, -0.15) is 0 Å². The van der Waals surface area contributed by atoms with Crippen molar-refractivity contribution in [3.8, 4) is 0 Å². The van der Waals surface area contributed by atoms with Crippen molar-refractivity contribution in [2.45, 2.75) is 0 Å². The largest absolute Gasteiger partial charge is 0.398 e. The second-order valence-corrected chi connectivity index (χ2v) is 4.84. The lowest BCUT2D eigenvalue weighted by Crippen LogP contribution is -1.91. The van der Waals surface area contributed by atoms with Crippen LogP contribution in [0.15, 0.2) is 54.6 Å². The van der Waals surface area contributed by atoms with Gasteiger partial charge in [0.1, 0.15) is 0 Å². The van der Waals surface area contributed by atoms with Crippen molar-refractivity contribution in [1.29, 1.82) is 0 Å². The van der Waals surface area contributed by atoms with E-state index in [2.05, 4.69) is 4.98 Å². The van der Waals surface area contributed by atoms with Gasteiger partial charge in [0.05, 0.1) is 16.1 Å². The van der Waals surface area contributed by atoms with E-state index in [1.165, 1.54) is 12.1 Å². The Labute approximate surface area is 126 Å². The van der Waals surface area contributed by atoms with Crippen molar-refractivity contribution in [2.24, 2.45) is 0 Å². The highest BCUT2D eigenvalue weighted by Gasteiger charge is 2.03. The second-order valence-electron chi connectivity index (χ2n) is 4.84. The summed E-state index contributed by atoms with van der Waals surface area (Å²) in [4.78, 5) is 14.7. The van der Waals surface area contributed by atoms with Crippen LogP contribution in [0.1, 0.15) is 11.3 Å². The first kappa shape index (κ1) is 13.8. The van der Waals surface area contributed by atoms with Crippen LogP contribution >= 0.6 is 0 Å². The van der Waals surface area contributed by atoms with Crippen LogP contribution in [0.2, 0.25) is 0 Å². The highest BCUT2D eigenvalue weighted by molar-refractivity contribution is 5.91. The van der Waals surface area contributed by atoms with Crippen LogP contribution in [0.3, 0.4) is 0 Å². The molecule has 0 aliphatic carbocycles. The molecule has 0 saturated carbocycles. The zero-order valence-electron chi connectivity index (χ0n) is 11.6. The van der Waals surface area contributed by atoms with E-state index in [9.17, 15) is 10.1 Å². The molecule has 2 N–H and O–H groups in total. The first-order chi connectivity index (χ1) is 10.6. The van der Waals surface area contributed by atoms with Gasteiger partial charge in [-0.05, 0) is 35.9 Å². The summed E-state index contributed by atoms with van der Waals surface area (Å²) >= 11 is 0. The summed E-state index contributed by atoms with van der Waals surface area (Å²) in [6.45, 7) is 0. The van der Waals surface area contributed by atoms with Gasteiger partial charge >= 0.3 is 0 Å². The maximum Gasteiger partial charge on any atom is 0.269 e. The van der Waals surface area contributed by atoms with E-state index in [4.69, 9.17) is 5.73 Å². The number of para-hydroxylation sites is 1. The summed E-state index contributed by atoms with van der Waals surface area (Å²) < 4.78 is 0. The molecule has 0 aliphatic heterocycles. The van der Waals surface area contributed by atoms with Gasteiger partial charge in [0.25, 0.3) is 5.69 Å². The van der Waals surface area contributed by atoms with Crippen molar-refractivity contribution >= 4 is 34.4 Å². The first-order valence-electron chi connectivity index (χ1n) is 6.71. The number of hydrogen-bond acceptors (Lipinski definition) is 4. The van der Waals surface area contributed by atoms with Gasteiger partial charge in [0.15, 0.2) is 0 Å². The molecule has 0 unspecified atom stereocenters. The lowest BCUT2D eigenvalue weighted by molar-refractivity contribution is -0.384. The van der Waals surface area contributed by atoms with Crippen LogP contribution < -0.4 is 5.73 Å². The predicted molar refractivity (Wildman–Crippen MR) is 88.2 cm³/mol. The number of nitro groups is 1. The molecule has 1 aromatic heterocycles. The van der Waals surface area contributed by atoms with Crippen molar-refractivity contribution in [1.82, 2.24) is 4.98 Å². The molecule has 0 amide bonds. The second kappa shape index (κ2) is 5.65. The SMILES string of the molecule is Nc1cc(C=Cc2ccc([N+](=O)[O-])cc2)nc2ccccc12. The van der Waals surface area contributed by atoms with E-state index in [0.717, 1.165) is 22.2 Å². The fraction of sp³-hybridized carbons (Fsp3) is 0. The fourth-order valence-electron chi connectivity index (χ4n) is 2.20. The molecule has 22 heavy (non-hydrogen) atoms. The molecule has 0 saturated heterocycles. The van der Waals surface area contributed by atoms with Gasteiger partial charge in [0.2, 0.25) is 0 Å². The van der Waals surface area contributed by atoms with Crippen LogP contribution in [0.5, 0.6) is 0 Å². The normalized spacial score (nSPS) is 11.1. The van der Waals surface area contributed by atoms with Gasteiger partial charge in [-0.1, -0.05) is 24.3 Å². The maximum absolute atomic E-state index is 10.6. The summed E-state index contributed by atoms with van der Waals surface area (Å²) in [5.41, 5.74) is 9.22. The van der Waals surface area contributed by atoms with E-state index < -0.39 is 4.92 Å². The highest BCUT2D eigenvalue weighted by atomic mass is 16.6. The fourth-order valence-corrected chi connectivity index (χ4v) is 2.20. The van der Waals surface area contributed by atoms with Crippen molar-refractivity contribution in [2.75, 3.05) is 5.73 Å². The Bertz CT molecular complexity index is 871. The van der Waals surface area contributed by atoms with Crippen LogP contribution in [0, 0.1) is 10.1 Å². The minimum atomic E-state index is -0.418. The van der Waals surface area contributed by atoms with Crippen molar-refractivity contribution < 1.29 is 4.92 Å². The number of nitro benzene ring substituents is 1. The number of hydrogen-bond donors (Lipinski definition) is 1. The van der Waals surface area contributed by atoms with Crippen molar-refractivity contribution in [3.63, 3.8) is 0 Å². The summed E-state index contributed by atoms with van der Waals surface area (Å²) in [6.07, 6.45) is 3.68. The molecule has 5 heteroatoms. The molecular weight excluding hydrogens is 278 g/mol. The van der Waals surface area contributed by atoms with Gasteiger partial charge < -0.3 is 5.73 Å². The number of nitrogens with zero attached hydrogens (tertiary/aromatic N) is 2. The van der Waals surface area contributed by atoms with E-state index in [1.54, 1.807) is 12.1 Å². The molecule has 3 aromatic rings. The minimum Gasteiger partial charge on any atom is -0.398 e. The molecule has 0 spiro atoms. The topological polar surface area (TPSA) is 82.0 Å². The number of fused-ring (bicyclic) bond motifs is 1. The van der Waals surface area contributed by atoms with E-state index in [-0.39, 0.29) is 5.69 Å². The zero-order valence-corrected chi connectivity index (χ0v) is 11.6. The quantitative estimate of drug-likeness (QED) is 0.586. The molecule has 108 valence electrons. The zero-order chi connectivity index (χ0) is 15.5. The van der Waals surface area contributed by atoms with Crippen LogP contribution in [0.4, 0.5) is 11.4 Å². The Hall–Kier alpha value is -3.21. The molecule has 1 heterocycles. The molecule has 0 aliphatic rings. The average Bonchev–Trinajstić information content (AvgIpc) is 2.53. The monoisotopic (exact) mass is 291 g/mol. The van der Waals surface area contributed by atoms with E-state index in [1.807, 2.05) is 42.5 Å². The first-order valence-corrected chi connectivity index (χ1v) is 6.71. The average molecular weight is 291 g/mol. The lowest BCUT2D eigenvalue weighted by Gasteiger charge is -2.03. The van der Waals surface area contributed by atoms with Crippen LogP contribution in [-0.2, 0) is 0 Å². The van der Waals surface area contributed by atoms with Crippen LogP contribution in [0.25, 0.3) is 23.1 Å². The van der Waals surface area contributed by atoms with E-state index >= 15 is 0 Å². The Morgan fingerprint density at radius 1 is 1.05 bits per heavy atom. The lowest BCUT2D eigenvalue weighted by atomic mass is 10.1. The summed E-state index contributed by atoms with van der Waals surface area (Å²) in [5, 5.41) is 11.5. The Morgan fingerprint density at radius 2 is 1.77 bits per heavy atom. The highest BCUT2D eigenvalue weighted by Crippen LogP contribution is 2.21. The number of rotatable bonds is 3. The Balaban J connectivity index is 1.90.